The number of halogens is 2. The third-order valence-electron chi connectivity index (χ3n) is 3.88. The van der Waals surface area contributed by atoms with Crippen LogP contribution < -0.4 is 5.32 Å². The van der Waals surface area contributed by atoms with Crippen LogP contribution in [0.1, 0.15) is 32.6 Å². The van der Waals surface area contributed by atoms with Gasteiger partial charge in [-0.1, -0.05) is 0 Å². The highest BCUT2D eigenvalue weighted by Crippen LogP contribution is 2.32. The van der Waals surface area contributed by atoms with Crippen LogP contribution in [0.15, 0.2) is 0 Å². The summed E-state index contributed by atoms with van der Waals surface area (Å²) in [4.78, 5) is 13.8. The molecule has 2 heterocycles. The lowest BCUT2D eigenvalue weighted by molar-refractivity contribution is -0.137. The molecule has 0 aromatic carbocycles. The fourth-order valence-electron chi connectivity index (χ4n) is 2.72. The quantitative estimate of drug-likeness (QED) is 0.803. The van der Waals surface area contributed by atoms with Crippen molar-refractivity contribution in [2.75, 3.05) is 19.6 Å². The van der Waals surface area contributed by atoms with E-state index in [9.17, 15) is 13.6 Å². The summed E-state index contributed by atoms with van der Waals surface area (Å²) in [5.41, 5.74) is 0. The molecule has 0 bridgehead atoms. The number of piperidine rings is 1. The predicted octanol–water partition coefficient (Wildman–Crippen LogP) is 1.63. The van der Waals surface area contributed by atoms with E-state index < -0.39 is 11.8 Å². The molecule has 1 unspecified atom stereocenters. The molecule has 0 aromatic rings. The van der Waals surface area contributed by atoms with Gasteiger partial charge in [-0.05, 0) is 39.2 Å². The zero-order valence-electron chi connectivity index (χ0n) is 10.2. The summed E-state index contributed by atoms with van der Waals surface area (Å²) in [6.45, 7) is 2.82. The molecule has 0 aromatic heterocycles. The first kappa shape index (κ1) is 12.7. The Labute approximate surface area is 101 Å². The Morgan fingerprint density at radius 3 is 2.41 bits per heavy atom. The molecule has 0 radical (unpaired) electrons. The zero-order chi connectivity index (χ0) is 12.5. The number of nitrogens with zero attached hydrogens (tertiary/aromatic N) is 1. The Morgan fingerprint density at radius 2 is 1.94 bits per heavy atom. The summed E-state index contributed by atoms with van der Waals surface area (Å²) in [5.74, 6) is -3.08. The van der Waals surface area contributed by atoms with Crippen LogP contribution >= 0.6 is 0 Å². The third kappa shape index (κ3) is 2.94. The molecular formula is C12H20F2N2O. The molecule has 1 amide bonds. The van der Waals surface area contributed by atoms with E-state index in [1.807, 2.05) is 0 Å². The summed E-state index contributed by atoms with van der Waals surface area (Å²) >= 11 is 0. The first-order chi connectivity index (χ1) is 7.98. The van der Waals surface area contributed by atoms with Crippen LogP contribution in [0.25, 0.3) is 0 Å². The lowest BCUT2D eigenvalue weighted by atomic mass is 9.91. The smallest absolute Gasteiger partial charge is 0.248 e. The largest absolute Gasteiger partial charge is 0.341 e. The highest BCUT2D eigenvalue weighted by atomic mass is 19.3. The van der Waals surface area contributed by atoms with Crippen molar-refractivity contribution in [3.63, 3.8) is 0 Å². The summed E-state index contributed by atoms with van der Waals surface area (Å²) in [6.07, 6.45) is 2.74. The molecule has 0 saturated carbocycles. The van der Waals surface area contributed by atoms with Crippen LogP contribution in [0.5, 0.6) is 0 Å². The number of nitrogens with one attached hydrogen (secondary N) is 1. The van der Waals surface area contributed by atoms with E-state index in [0.29, 0.717) is 25.9 Å². The normalized spacial score (nSPS) is 27.5. The van der Waals surface area contributed by atoms with Gasteiger partial charge in [0.25, 0.3) is 0 Å². The zero-order valence-corrected chi connectivity index (χ0v) is 10.2. The average Bonchev–Trinajstić information content (AvgIpc) is 2.80. The van der Waals surface area contributed by atoms with E-state index in [0.717, 1.165) is 26.3 Å². The summed E-state index contributed by atoms with van der Waals surface area (Å²) in [7, 11) is 0. The molecule has 2 rings (SSSR count). The second-order valence-electron chi connectivity index (χ2n) is 5.20. The van der Waals surface area contributed by atoms with Gasteiger partial charge < -0.3 is 10.2 Å². The van der Waals surface area contributed by atoms with Crippen molar-refractivity contribution < 1.29 is 13.6 Å². The van der Waals surface area contributed by atoms with Crippen molar-refractivity contribution >= 4 is 5.91 Å². The minimum atomic E-state index is -2.61. The molecule has 2 fully saturated rings. The predicted molar refractivity (Wildman–Crippen MR) is 60.9 cm³/mol. The van der Waals surface area contributed by atoms with Crippen LogP contribution in [0.3, 0.4) is 0 Å². The third-order valence-corrected chi connectivity index (χ3v) is 3.88. The van der Waals surface area contributed by atoms with Crippen LogP contribution in [0, 0.1) is 5.92 Å². The maximum atomic E-state index is 13.1. The van der Waals surface area contributed by atoms with Crippen molar-refractivity contribution in [3.05, 3.63) is 0 Å². The van der Waals surface area contributed by atoms with E-state index in [1.165, 1.54) is 0 Å². The van der Waals surface area contributed by atoms with Gasteiger partial charge in [-0.15, -0.1) is 0 Å². The molecular weight excluding hydrogens is 226 g/mol. The minimum absolute atomic E-state index is 0.0753. The number of hydrogen-bond donors (Lipinski definition) is 1. The SMILES string of the molecule is CC(F)(F)C1CCN(C(=O)C2CCCN2)CC1. The fourth-order valence-corrected chi connectivity index (χ4v) is 2.72. The summed E-state index contributed by atoms with van der Waals surface area (Å²) < 4.78 is 26.2. The van der Waals surface area contributed by atoms with Gasteiger partial charge in [0.15, 0.2) is 0 Å². The monoisotopic (exact) mass is 246 g/mol. The standard InChI is InChI=1S/C12H20F2N2O/c1-12(13,14)9-4-7-16(8-5-9)11(17)10-3-2-6-15-10/h9-10,15H,2-8H2,1H3. The number of hydrogen-bond acceptors (Lipinski definition) is 2. The Bertz CT molecular complexity index is 277. The topological polar surface area (TPSA) is 32.3 Å². The van der Waals surface area contributed by atoms with Crippen LogP contribution in [-0.2, 0) is 4.79 Å². The molecule has 2 aliphatic heterocycles. The second kappa shape index (κ2) is 4.88. The summed E-state index contributed by atoms with van der Waals surface area (Å²) in [6, 6.07) is -0.0753. The van der Waals surface area contributed by atoms with E-state index in [-0.39, 0.29) is 11.9 Å². The number of alkyl halides is 2. The van der Waals surface area contributed by atoms with Crippen molar-refractivity contribution in [3.8, 4) is 0 Å². The first-order valence-corrected chi connectivity index (χ1v) is 6.38. The van der Waals surface area contributed by atoms with Gasteiger partial charge in [-0.25, -0.2) is 8.78 Å². The summed E-state index contributed by atoms with van der Waals surface area (Å²) in [5, 5.41) is 3.16. The maximum Gasteiger partial charge on any atom is 0.248 e. The van der Waals surface area contributed by atoms with Crippen LogP contribution in [0.4, 0.5) is 8.78 Å². The van der Waals surface area contributed by atoms with Crippen molar-refractivity contribution in [2.45, 2.75) is 44.6 Å². The Morgan fingerprint density at radius 1 is 1.29 bits per heavy atom. The highest BCUT2D eigenvalue weighted by molar-refractivity contribution is 5.82. The van der Waals surface area contributed by atoms with Gasteiger partial charge in [0, 0.05) is 19.0 Å². The molecule has 5 heteroatoms. The van der Waals surface area contributed by atoms with E-state index in [1.54, 1.807) is 4.90 Å². The van der Waals surface area contributed by atoms with Gasteiger partial charge >= 0.3 is 0 Å². The molecule has 3 nitrogen and oxygen atoms in total. The molecule has 2 aliphatic rings. The van der Waals surface area contributed by atoms with Gasteiger partial charge in [-0.3, -0.25) is 4.79 Å². The number of amides is 1. The average molecular weight is 246 g/mol. The number of carbonyl (C=O) groups is 1. The minimum Gasteiger partial charge on any atom is -0.341 e. The lowest BCUT2D eigenvalue weighted by Gasteiger charge is -2.35. The molecule has 1 N–H and O–H groups in total. The number of rotatable bonds is 2. The Kier molecular flexibility index (Phi) is 3.66. The van der Waals surface area contributed by atoms with Crippen LogP contribution in [0.2, 0.25) is 0 Å². The number of likely N-dealkylation sites (tertiary alicyclic amines) is 1. The molecule has 1 atom stereocenters. The molecule has 98 valence electrons. The maximum absolute atomic E-state index is 13.1. The van der Waals surface area contributed by atoms with Gasteiger partial charge in [-0.2, -0.15) is 0 Å². The Hall–Kier alpha value is -0.710. The molecule has 0 aliphatic carbocycles. The van der Waals surface area contributed by atoms with Gasteiger partial charge in [0.1, 0.15) is 0 Å². The van der Waals surface area contributed by atoms with Crippen molar-refractivity contribution in [1.29, 1.82) is 0 Å². The fraction of sp³-hybridized carbons (Fsp3) is 0.917. The van der Waals surface area contributed by atoms with Crippen molar-refractivity contribution in [2.24, 2.45) is 5.92 Å². The van der Waals surface area contributed by atoms with Crippen LogP contribution in [-0.4, -0.2) is 42.4 Å². The highest BCUT2D eigenvalue weighted by Gasteiger charge is 2.38. The van der Waals surface area contributed by atoms with E-state index in [4.69, 9.17) is 0 Å². The Balaban J connectivity index is 1.84. The van der Waals surface area contributed by atoms with E-state index >= 15 is 0 Å². The second-order valence-corrected chi connectivity index (χ2v) is 5.20. The molecule has 2 saturated heterocycles. The van der Waals surface area contributed by atoms with E-state index in [2.05, 4.69) is 5.32 Å². The van der Waals surface area contributed by atoms with Gasteiger partial charge in [0.2, 0.25) is 11.8 Å². The number of carbonyl (C=O) groups excluding carboxylic acids is 1. The van der Waals surface area contributed by atoms with Gasteiger partial charge in [0.05, 0.1) is 6.04 Å². The molecule has 17 heavy (non-hydrogen) atoms. The first-order valence-electron chi connectivity index (χ1n) is 6.38. The lowest BCUT2D eigenvalue weighted by Crippen LogP contribution is -2.48. The van der Waals surface area contributed by atoms with Crippen molar-refractivity contribution in [1.82, 2.24) is 10.2 Å². The molecule has 0 spiro atoms.